The average molecular weight is 448 g/mol. The van der Waals surface area contributed by atoms with E-state index in [4.69, 9.17) is 9.47 Å². The van der Waals surface area contributed by atoms with Crippen LogP contribution in [0.15, 0.2) is 72.8 Å². The molecule has 0 unspecified atom stereocenters. The van der Waals surface area contributed by atoms with Gasteiger partial charge in [0.15, 0.2) is 11.6 Å². The van der Waals surface area contributed by atoms with E-state index in [9.17, 15) is 14.0 Å². The highest BCUT2D eigenvalue weighted by atomic mass is 19.1. The number of amides is 1. The van der Waals surface area contributed by atoms with Crippen molar-refractivity contribution in [1.29, 1.82) is 0 Å². The minimum Gasteiger partial charge on any atom is -0.465 e. The Bertz CT molecular complexity index is 1110. The second kappa shape index (κ2) is 10.3. The van der Waals surface area contributed by atoms with E-state index in [2.05, 4.69) is 0 Å². The Morgan fingerprint density at radius 2 is 1.61 bits per heavy atom. The first-order valence-corrected chi connectivity index (χ1v) is 11.0. The van der Waals surface area contributed by atoms with Crippen LogP contribution >= 0.6 is 0 Å². The lowest BCUT2D eigenvalue weighted by molar-refractivity contribution is 0.0599. The molecule has 1 aliphatic rings. The molecule has 1 fully saturated rings. The van der Waals surface area contributed by atoms with Crippen LogP contribution in [-0.4, -0.2) is 30.4 Å². The van der Waals surface area contributed by atoms with Gasteiger partial charge in [0.05, 0.1) is 12.7 Å². The largest absolute Gasteiger partial charge is 0.465 e. The summed E-state index contributed by atoms with van der Waals surface area (Å²) in [6.07, 6.45) is 3.45. The third kappa shape index (κ3) is 5.58. The van der Waals surface area contributed by atoms with Crippen LogP contribution in [-0.2, 0) is 11.3 Å². The summed E-state index contributed by atoms with van der Waals surface area (Å²) in [7, 11) is 1.35. The minimum atomic E-state index is -0.442. The summed E-state index contributed by atoms with van der Waals surface area (Å²) in [6, 6.07) is 20.1. The molecule has 5 nitrogen and oxygen atoms in total. The topological polar surface area (TPSA) is 55.8 Å². The lowest BCUT2D eigenvalue weighted by Crippen LogP contribution is -2.37. The van der Waals surface area contributed by atoms with E-state index in [0.29, 0.717) is 35.9 Å². The molecular formula is C27H26FNO4. The number of rotatable bonds is 8. The molecule has 0 atom stereocenters. The predicted octanol–water partition coefficient (Wildman–Crippen LogP) is 5.85. The van der Waals surface area contributed by atoms with Crippen molar-refractivity contribution in [2.75, 3.05) is 13.7 Å². The van der Waals surface area contributed by atoms with Gasteiger partial charge in [0.2, 0.25) is 0 Å². The smallest absolute Gasteiger partial charge is 0.337 e. The Balaban J connectivity index is 1.47. The highest BCUT2D eigenvalue weighted by Gasteiger charge is 2.25. The fourth-order valence-corrected chi connectivity index (χ4v) is 3.79. The van der Waals surface area contributed by atoms with Gasteiger partial charge in [-0.15, -0.1) is 0 Å². The molecule has 170 valence electrons. The van der Waals surface area contributed by atoms with E-state index in [0.717, 1.165) is 18.4 Å². The fourth-order valence-electron chi connectivity index (χ4n) is 3.79. The Kier molecular flexibility index (Phi) is 7.03. The van der Waals surface area contributed by atoms with Crippen molar-refractivity contribution in [3.8, 4) is 11.5 Å². The molecule has 1 amide bonds. The Hall–Kier alpha value is -3.67. The monoisotopic (exact) mass is 447 g/mol. The molecule has 0 aliphatic heterocycles. The predicted molar refractivity (Wildman–Crippen MR) is 123 cm³/mol. The van der Waals surface area contributed by atoms with Gasteiger partial charge >= 0.3 is 5.97 Å². The Morgan fingerprint density at radius 1 is 0.939 bits per heavy atom. The van der Waals surface area contributed by atoms with Gasteiger partial charge < -0.3 is 14.4 Å². The molecule has 1 aliphatic carbocycles. The molecule has 6 heteroatoms. The molecule has 0 N–H and O–H groups in total. The average Bonchev–Trinajstić information content (AvgIpc) is 2.82. The first kappa shape index (κ1) is 22.5. The second-order valence-corrected chi connectivity index (χ2v) is 8.23. The van der Waals surface area contributed by atoms with Gasteiger partial charge in [-0.2, -0.15) is 0 Å². The van der Waals surface area contributed by atoms with Gasteiger partial charge in [0.1, 0.15) is 5.75 Å². The van der Waals surface area contributed by atoms with Crippen LogP contribution in [0.2, 0.25) is 0 Å². The standard InChI is InChI=1S/C27H26FNO4/c1-32-27(31)22-11-9-20(10-12-22)18-29(17-19-5-4-6-19)26(30)21-13-15-23(16-14-21)33-25-8-3-2-7-24(25)28/h2-3,7-16,19H,4-6,17-18H2,1H3. The molecule has 33 heavy (non-hydrogen) atoms. The van der Waals surface area contributed by atoms with Crippen LogP contribution in [0, 0.1) is 11.7 Å². The van der Waals surface area contributed by atoms with Crippen molar-refractivity contribution in [2.45, 2.75) is 25.8 Å². The second-order valence-electron chi connectivity index (χ2n) is 8.23. The van der Waals surface area contributed by atoms with Gasteiger partial charge in [-0.05, 0) is 72.9 Å². The van der Waals surface area contributed by atoms with Crippen molar-refractivity contribution in [1.82, 2.24) is 4.90 Å². The number of hydrogen-bond acceptors (Lipinski definition) is 4. The number of esters is 1. The van der Waals surface area contributed by atoms with Crippen molar-refractivity contribution < 1.29 is 23.5 Å². The van der Waals surface area contributed by atoms with E-state index < -0.39 is 5.82 Å². The molecule has 3 aromatic rings. The molecule has 0 bridgehead atoms. The number of carbonyl (C=O) groups is 2. The van der Waals surface area contributed by atoms with E-state index in [1.807, 2.05) is 17.0 Å². The van der Waals surface area contributed by atoms with Crippen LogP contribution in [0.5, 0.6) is 11.5 Å². The van der Waals surface area contributed by atoms with Crippen molar-refractivity contribution in [2.24, 2.45) is 5.92 Å². The maximum Gasteiger partial charge on any atom is 0.337 e. The molecule has 0 heterocycles. The number of benzene rings is 3. The van der Waals surface area contributed by atoms with E-state index in [1.54, 1.807) is 54.6 Å². The zero-order valence-corrected chi connectivity index (χ0v) is 18.5. The summed E-state index contributed by atoms with van der Waals surface area (Å²) in [5, 5.41) is 0. The zero-order chi connectivity index (χ0) is 23.2. The van der Waals surface area contributed by atoms with Gasteiger partial charge in [-0.1, -0.05) is 30.7 Å². The normalized spacial score (nSPS) is 13.2. The van der Waals surface area contributed by atoms with Crippen molar-refractivity contribution in [3.05, 3.63) is 95.3 Å². The van der Waals surface area contributed by atoms with Crippen molar-refractivity contribution >= 4 is 11.9 Å². The third-order valence-electron chi connectivity index (χ3n) is 5.90. The summed E-state index contributed by atoms with van der Waals surface area (Å²) >= 11 is 0. The van der Waals surface area contributed by atoms with E-state index >= 15 is 0 Å². The van der Waals surface area contributed by atoms with Gasteiger partial charge in [-0.25, -0.2) is 9.18 Å². The molecule has 0 saturated heterocycles. The first-order valence-electron chi connectivity index (χ1n) is 11.0. The maximum absolute atomic E-state index is 13.8. The summed E-state index contributed by atoms with van der Waals surface area (Å²) in [5.74, 6) is 0.201. The highest BCUT2D eigenvalue weighted by Crippen LogP contribution is 2.29. The first-order chi connectivity index (χ1) is 16.0. The SMILES string of the molecule is COC(=O)c1ccc(CN(CC2CCC2)C(=O)c2ccc(Oc3ccccc3F)cc2)cc1. The van der Waals surface area contributed by atoms with Crippen LogP contribution < -0.4 is 4.74 Å². The van der Waals surface area contributed by atoms with Gasteiger partial charge in [0, 0.05) is 18.7 Å². The molecule has 0 aromatic heterocycles. The van der Waals surface area contributed by atoms with Crippen molar-refractivity contribution in [3.63, 3.8) is 0 Å². The van der Waals surface area contributed by atoms with Gasteiger partial charge in [-0.3, -0.25) is 4.79 Å². The Labute approximate surface area is 192 Å². The fraction of sp³-hybridized carbons (Fsp3) is 0.259. The van der Waals surface area contributed by atoms with Crippen LogP contribution in [0.1, 0.15) is 45.5 Å². The number of halogens is 1. The van der Waals surface area contributed by atoms with Crippen LogP contribution in [0.25, 0.3) is 0 Å². The molecule has 1 saturated carbocycles. The summed E-state index contributed by atoms with van der Waals surface area (Å²) in [5.41, 5.74) is 1.96. The lowest BCUT2D eigenvalue weighted by atomic mass is 9.85. The number of methoxy groups -OCH3 is 1. The zero-order valence-electron chi connectivity index (χ0n) is 18.5. The van der Waals surface area contributed by atoms with E-state index in [1.165, 1.54) is 19.6 Å². The molecular weight excluding hydrogens is 421 g/mol. The maximum atomic E-state index is 13.8. The number of para-hydroxylation sites is 1. The third-order valence-corrected chi connectivity index (χ3v) is 5.90. The summed E-state index contributed by atoms with van der Waals surface area (Å²) < 4.78 is 24.2. The molecule has 4 rings (SSSR count). The molecule has 3 aromatic carbocycles. The van der Waals surface area contributed by atoms with Crippen LogP contribution in [0.4, 0.5) is 4.39 Å². The van der Waals surface area contributed by atoms with Crippen LogP contribution in [0.3, 0.4) is 0 Å². The van der Waals surface area contributed by atoms with E-state index in [-0.39, 0.29) is 17.6 Å². The summed E-state index contributed by atoms with van der Waals surface area (Å²) in [4.78, 5) is 26.8. The lowest BCUT2D eigenvalue weighted by Gasteiger charge is -2.32. The number of ether oxygens (including phenoxy) is 2. The quantitative estimate of drug-likeness (QED) is 0.407. The number of nitrogens with zero attached hydrogens (tertiary/aromatic N) is 1. The number of carbonyl (C=O) groups excluding carboxylic acids is 2. The number of hydrogen-bond donors (Lipinski definition) is 0. The minimum absolute atomic E-state index is 0.0728. The molecule has 0 radical (unpaired) electrons. The molecule has 0 spiro atoms. The van der Waals surface area contributed by atoms with Gasteiger partial charge in [0.25, 0.3) is 5.91 Å². The Morgan fingerprint density at radius 3 is 2.21 bits per heavy atom. The highest BCUT2D eigenvalue weighted by molar-refractivity contribution is 5.94. The summed E-state index contributed by atoms with van der Waals surface area (Å²) in [6.45, 7) is 1.13.